The van der Waals surface area contributed by atoms with Crippen LogP contribution in [0.25, 0.3) is 0 Å². The molecule has 1 aromatic rings. The number of aliphatic hydroxyl groups is 1. The van der Waals surface area contributed by atoms with E-state index in [4.69, 9.17) is 5.11 Å². The van der Waals surface area contributed by atoms with Crippen molar-refractivity contribution in [2.45, 2.75) is 19.8 Å². The molecule has 0 bridgehead atoms. The SMILES string of the molecule is Cc1cccc(NC(=O)CCCN(C)CCO)c1. The normalized spacial score (nSPS) is 10.7. The molecule has 0 aliphatic heterocycles. The van der Waals surface area contributed by atoms with Crippen LogP contribution in [-0.4, -0.2) is 42.7 Å². The van der Waals surface area contributed by atoms with Crippen molar-refractivity contribution in [2.75, 3.05) is 32.1 Å². The van der Waals surface area contributed by atoms with Crippen molar-refractivity contribution < 1.29 is 9.90 Å². The molecule has 1 aromatic carbocycles. The minimum Gasteiger partial charge on any atom is -0.395 e. The number of benzene rings is 1. The molecular formula is C14H22N2O2. The highest BCUT2D eigenvalue weighted by atomic mass is 16.3. The van der Waals surface area contributed by atoms with Crippen LogP contribution in [0.4, 0.5) is 5.69 Å². The van der Waals surface area contributed by atoms with Gasteiger partial charge < -0.3 is 15.3 Å². The Hall–Kier alpha value is -1.39. The lowest BCUT2D eigenvalue weighted by Crippen LogP contribution is -2.24. The molecule has 4 nitrogen and oxygen atoms in total. The summed E-state index contributed by atoms with van der Waals surface area (Å²) in [5.41, 5.74) is 1.99. The quantitative estimate of drug-likeness (QED) is 0.773. The number of carbonyl (C=O) groups excluding carboxylic acids is 1. The smallest absolute Gasteiger partial charge is 0.224 e. The van der Waals surface area contributed by atoms with E-state index >= 15 is 0 Å². The fraction of sp³-hybridized carbons (Fsp3) is 0.500. The third-order valence-electron chi connectivity index (χ3n) is 2.73. The number of likely N-dealkylation sites (N-methyl/N-ethyl adjacent to an activating group) is 1. The van der Waals surface area contributed by atoms with Crippen molar-refractivity contribution >= 4 is 11.6 Å². The Kier molecular flexibility index (Phi) is 6.39. The zero-order valence-electron chi connectivity index (χ0n) is 11.1. The van der Waals surface area contributed by atoms with Gasteiger partial charge in [0.2, 0.25) is 5.91 Å². The Bertz CT molecular complexity index is 380. The van der Waals surface area contributed by atoms with E-state index in [0.717, 1.165) is 24.2 Å². The second-order valence-electron chi connectivity index (χ2n) is 4.55. The second kappa shape index (κ2) is 7.84. The molecule has 0 heterocycles. The summed E-state index contributed by atoms with van der Waals surface area (Å²) < 4.78 is 0. The molecule has 0 aliphatic carbocycles. The van der Waals surface area contributed by atoms with E-state index in [1.165, 1.54) is 0 Å². The second-order valence-corrected chi connectivity index (χ2v) is 4.55. The molecular weight excluding hydrogens is 228 g/mol. The predicted octanol–water partition coefficient (Wildman–Crippen LogP) is 1.64. The molecule has 0 unspecified atom stereocenters. The van der Waals surface area contributed by atoms with Gasteiger partial charge in [-0.25, -0.2) is 0 Å². The number of hydrogen-bond donors (Lipinski definition) is 2. The summed E-state index contributed by atoms with van der Waals surface area (Å²) in [6.07, 6.45) is 1.30. The molecule has 1 rings (SSSR count). The standard InChI is InChI=1S/C14H22N2O2/c1-12-5-3-6-13(11-12)15-14(18)7-4-8-16(2)9-10-17/h3,5-6,11,17H,4,7-10H2,1-2H3,(H,15,18). The van der Waals surface area contributed by atoms with E-state index in [9.17, 15) is 4.79 Å². The van der Waals surface area contributed by atoms with E-state index < -0.39 is 0 Å². The minimum absolute atomic E-state index is 0.0398. The third kappa shape index (κ3) is 5.80. The molecule has 4 heteroatoms. The maximum atomic E-state index is 11.7. The Morgan fingerprint density at radius 2 is 2.17 bits per heavy atom. The maximum Gasteiger partial charge on any atom is 0.224 e. The van der Waals surface area contributed by atoms with Crippen molar-refractivity contribution in [1.29, 1.82) is 0 Å². The number of nitrogens with zero attached hydrogens (tertiary/aromatic N) is 1. The zero-order chi connectivity index (χ0) is 13.4. The molecule has 0 radical (unpaired) electrons. The first kappa shape index (κ1) is 14.7. The van der Waals surface area contributed by atoms with E-state index in [1.807, 2.05) is 43.1 Å². The van der Waals surface area contributed by atoms with Crippen molar-refractivity contribution in [1.82, 2.24) is 4.90 Å². The highest BCUT2D eigenvalue weighted by Gasteiger charge is 2.03. The molecule has 0 saturated heterocycles. The number of hydrogen-bond acceptors (Lipinski definition) is 3. The van der Waals surface area contributed by atoms with Gasteiger partial charge in [0, 0.05) is 18.7 Å². The molecule has 0 saturated carbocycles. The van der Waals surface area contributed by atoms with Crippen molar-refractivity contribution in [3.05, 3.63) is 29.8 Å². The minimum atomic E-state index is 0.0398. The maximum absolute atomic E-state index is 11.7. The van der Waals surface area contributed by atoms with Crippen molar-refractivity contribution in [2.24, 2.45) is 0 Å². The van der Waals surface area contributed by atoms with E-state index in [1.54, 1.807) is 0 Å². The molecule has 1 amide bonds. The van der Waals surface area contributed by atoms with Crippen LogP contribution in [0.3, 0.4) is 0 Å². The van der Waals surface area contributed by atoms with Gasteiger partial charge in [-0.05, 0) is 44.6 Å². The van der Waals surface area contributed by atoms with Crippen LogP contribution in [0.1, 0.15) is 18.4 Å². The average molecular weight is 250 g/mol. The Balaban J connectivity index is 2.25. The molecule has 100 valence electrons. The fourth-order valence-electron chi connectivity index (χ4n) is 1.74. The van der Waals surface area contributed by atoms with Crippen molar-refractivity contribution in [3.8, 4) is 0 Å². The number of anilines is 1. The Labute approximate surface area is 109 Å². The van der Waals surface area contributed by atoms with Gasteiger partial charge in [-0.15, -0.1) is 0 Å². The Morgan fingerprint density at radius 3 is 2.83 bits per heavy atom. The summed E-state index contributed by atoms with van der Waals surface area (Å²) >= 11 is 0. The van der Waals surface area contributed by atoms with Gasteiger partial charge in [-0.3, -0.25) is 4.79 Å². The highest BCUT2D eigenvalue weighted by Crippen LogP contribution is 2.10. The number of nitrogens with one attached hydrogen (secondary N) is 1. The third-order valence-corrected chi connectivity index (χ3v) is 2.73. The highest BCUT2D eigenvalue weighted by molar-refractivity contribution is 5.90. The number of aliphatic hydroxyl groups excluding tert-OH is 1. The molecule has 18 heavy (non-hydrogen) atoms. The van der Waals surface area contributed by atoms with E-state index in [-0.39, 0.29) is 12.5 Å². The lowest BCUT2D eigenvalue weighted by Gasteiger charge is -2.14. The Morgan fingerprint density at radius 1 is 1.39 bits per heavy atom. The fourth-order valence-corrected chi connectivity index (χ4v) is 1.74. The summed E-state index contributed by atoms with van der Waals surface area (Å²) in [5.74, 6) is 0.0398. The van der Waals surface area contributed by atoms with Crippen LogP contribution in [0.5, 0.6) is 0 Å². The van der Waals surface area contributed by atoms with Crippen LogP contribution >= 0.6 is 0 Å². The molecule has 0 spiro atoms. The first-order valence-electron chi connectivity index (χ1n) is 6.27. The number of rotatable bonds is 7. The van der Waals surface area contributed by atoms with Crippen LogP contribution in [-0.2, 0) is 4.79 Å². The lowest BCUT2D eigenvalue weighted by molar-refractivity contribution is -0.116. The number of amides is 1. The first-order valence-corrected chi connectivity index (χ1v) is 6.27. The summed E-state index contributed by atoms with van der Waals surface area (Å²) in [6.45, 7) is 3.63. The van der Waals surface area contributed by atoms with Crippen molar-refractivity contribution in [3.63, 3.8) is 0 Å². The van der Waals surface area contributed by atoms with Gasteiger partial charge in [0.05, 0.1) is 6.61 Å². The molecule has 0 aliphatic rings. The van der Waals surface area contributed by atoms with E-state index in [0.29, 0.717) is 13.0 Å². The van der Waals surface area contributed by atoms with Gasteiger partial charge in [-0.1, -0.05) is 12.1 Å². The average Bonchev–Trinajstić information content (AvgIpc) is 2.29. The zero-order valence-corrected chi connectivity index (χ0v) is 11.1. The van der Waals surface area contributed by atoms with Crippen LogP contribution in [0, 0.1) is 6.92 Å². The summed E-state index contributed by atoms with van der Waals surface area (Å²) in [6, 6.07) is 7.78. The molecule has 2 N–H and O–H groups in total. The van der Waals surface area contributed by atoms with Gasteiger partial charge in [-0.2, -0.15) is 0 Å². The number of carbonyl (C=O) groups is 1. The molecule has 0 atom stereocenters. The van der Waals surface area contributed by atoms with Crippen LogP contribution in [0.15, 0.2) is 24.3 Å². The van der Waals surface area contributed by atoms with Gasteiger partial charge in [0.1, 0.15) is 0 Å². The summed E-state index contributed by atoms with van der Waals surface area (Å²) in [4.78, 5) is 13.7. The first-order chi connectivity index (χ1) is 8.61. The largest absolute Gasteiger partial charge is 0.395 e. The van der Waals surface area contributed by atoms with E-state index in [2.05, 4.69) is 5.32 Å². The van der Waals surface area contributed by atoms with Crippen LogP contribution in [0.2, 0.25) is 0 Å². The lowest BCUT2D eigenvalue weighted by atomic mass is 10.2. The molecule has 0 fully saturated rings. The monoisotopic (exact) mass is 250 g/mol. The van der Waals surface area contributed by atoms with Gasteiger partial charge >= 0.3 is 0 Å². The van der Waals surface area contributed by atoms with Crippen LogP contribution < -0.4 is 5.32 Å². The predicted molar refractivity (Wildman–Crippen MR) is 73.6 cm³/mol. The van der Waals surface area contributed by atoms with Gasteiger partial charge in [0.25, 0.3) is 0 Å². The summed E-state index contributed by atoms with van der Waals surface area (Å²) in [7, 11) is 1.94. The number of aryl methyl sites for hydroxylation is 1. The van der Waals surface area contributed by atoms with Gasteiger partial charge in [0.15, 0.2) is 0 Å². The molecule has 0 aromatic heterocycles. The topological polar surface area (TPSA) is 52.6 Å². The summed E-state index contributed by atoms with van der Waals surface area (Å²) in [5, 5.41) is 11.6.